The summed E-state index contributed by atoms with van der Waals surface area (Å²) in [6.45, 7) is 1.39. The molecule has 2 amide bonds. The molecule has 1 aromatic carbocycles. The first-order chi connectivity index (χ1) is 12.5. The summed E-state index contributed by atoms with van der Waals surface area (Å²) in [4.78, 5) is 37.1. The molecule has 0 aliphatic carbocycles. The third-order valence-electron chi connectivity index (χ3n) is 4.37. The van der Waals surface area contributed by atoms with Gasteiger partial charge in [0.1, 0.15) is 5.69 Å². The number of non-ortho nitro benzene ring substituents is 1. The van der Waals surface area contributed by atoms with Gasteiger partial charge in [-0.3, -0.25) is 24.4 Å². The third kappa shape index (κ3) is 3.56. The van der Waals surface area contributed by atoms with E-state index in [1.807, 2.05) is 0 Å². The Morgan fingerprint density at radius 1 is 1.15 bits per heavy atom. The summed E-state index contributed by atoms with van der Waals surface area (Å²) in [7, 11) is 1.65. The molecule has 9 nitrogen and oxygen atoms in total. The Labute approximate surface area is 149 Å². The minimum Gasteiger partial charge on any atom is -0.337 e. The molecule has 0 radical (unpaired) electrons. The maximum absolute atomic E-state index is 12.8. The number of rotatable bonds is 4. The van der Waals surface area contributed by atoms with Crippen LogP contribution >= 0.6 is 0 Å². The second-order valence-electron chi connectivity index (χ2n) is 6.14. The summed E-state index contributed by atoms with van der Waals surface area (Å²) in [5.74, 6) is -0.621. The largest absolute Gasteiger partial charge is 0.337 e. The number of nitro benzene ring substituents is 1. The molecule has 3 rings (SSSR count). The molecule has 2 heterocycles. The van der Waals surface area contributed by atoms with Crippen molar-refractivity contribution in [2.75, 3.05) is 18.4 Å². The average molecular weight is 357 g/mol. The molecule has 1 saturated heterocycles. The zero-order valence-corrected chi connectivity index (χ0v) is 14.3. The van der Waals surface area contributed by atoms with Crippen molar-refractivity contribution in [3.63, 3.8) is 0 Å². The molecular weight excluding hydrogens is 338 g/mol. The number of piperidine rings is 1. The van der Waals surface area contributed by atoms with E-state index in [9.17, 15) is 19.7 Å². The monoisotopic (exact) mass is 357 g/mol. The van der Waals surface area contributed by atoms with Crippen molar-refractivity contribution in [1.82, 2.24) is 14.7 Å². The minimum atomic E-state index is -0.530. The predicted molar refractivity (Wildman–Crippen MR) is 94.0 cm³/mol. The van der Waals surface area contributed by atoms with Gasteiger partial charge in [0.25, 0.3) is 17.5 Å². The van der Waals surface area contributed by atoms with Gasteiger partial charge in [-0.2, -0.15) is 5.10 Å². The first-order valence-corrected chi connectivity index (χ1v) is 8.34. The Morgan fingerprint density at radius 3 is 2.42 bits per heavy atom. The standard InChI is InChI=1S/C17H19N5O4/c1-20-15(17(24)21-9-3-2-4-10-21)14(11-18-20)19-16(23)12-5-7-13(8-6-12)22(25)26/h5-8,11H,2-4,9-10H2,1H3,(H,19,23). The van der Waals surface area contributed by atoms with E-state index < -0.39 is 10.8 Å². The predicted octanol–water partition coefficient (Wildman–Crippen LogP) is 2.21. The second-order valence-corrected chi connectivity index (χ2v) is 6.14. The van der Waals surface area contributed by atoms with Gasteiger partial charge < -0.3 is 10.2 Å². The third-order valence-corrected chi connectivity index (χ3v) is 4.37. The summed E-state index contributed by atoms with van der Waals surface area (Å²) in [5, 5.41) is 17.5. The first kappa shape index (κ1) is 17.6. The summed E-state index contributed by atoms with van der Waals surface area (Å²) in [5.41, 5.74) is 0.813. The van der Waals surface area contributed by atoms with Crippen molar-refractivity contribution in [1.29, 1.82) is 0 Å². The van der Waals surface area contributed by atoms with E-state index in [0.29, 0.717) is 24.5 Å². The normalized spacial score (nSPS) is 14.1. The lowest BCUT2D eigenvalue weighted by Gasteiger charge is -2.27. The van der Waals surface area contributed by atoms with Gasteiger partial charge in [0.15, 0.2) is 0 Å². The molecule has 1 fully saturated rings. The van der Waals surface area contributed by atoms with Gasteiger partial charge in [0, 0.05) is 37.8 Å². The van der Waals surface area contributed by atoms with Crippen LogP contribution in [0.25, 0.3) is 0 Å². The molecule has 0 unspecified atom stereocenters. The Kier molecular flexibility index (Phi) is 4.97. The van der Waals surface area contributed by atoms with Gasteiger partial charge >= 0.3 is 0 Å². The Morgan fingerprint density at radius 2 is 1.81 bits per heavy atom. The quantitative estimate of drug-likeness (QED) is 0.666. The minimum absolute atomic E-state index is 0.0936. The molecule has 0 spiro atoms. The van der Waals surface area contributed by atoms with Crippen LogP contribution in [0, 0.1) is 10.1 Å². The van der Waals surface area contributed by atoms with Crippen LogP contribution in [-0.4, -0.2) is 44.5 Å². The van der Waals surface area contributed by atoms with Crippen LogP contribution in [0.5, 0.6) is 0 Å². The lowest BCUT2D eigenvalue weighted by molar-refractivity contribution is -0.384. The van der Waals surface area contributed by atoms with Crippen molar-refractivity contribution >= 4 is 23.2 Å². The number of nitro groups is 1. The number of carbonyl (C=O) groups excluding carboxylic acids is 2. The number of hydrogen-bond donors (Lipinski definition) is 1. The maximum atomic E-state index is 12.8. The Hall–Kier alpha value is -3.23. The molecule has 0 atom stereocenters. The SMILES string of the molecule is Cn1ncc(NC(=O)c2ccc([N+](=O)[O-])cc2)c1C(=O)N1CCCCC1. The molecule has 1 N–H and O–H groups in total. The number of nitrogens with zero attached hydrogens (tertiary/aromatic N) is 4. The van der Waals surface area contributed by atoms with E-state index in [1.54, 1.807) is 11.9 Å². The highest BCUT2D eigenvalue weighted by Crippen LogP contribution is 2.21. The van der Waals surface area contributed by atoms with E-state index in [2.05, 4.69) is 10.4 Å². The van der Waals surface area contributed by atoms with Crippen LogP contribution in [0.1, 0.15) is 40.1 Å². The molecule has 1 aliphatic rings. The number of amides is 2. The fourth-order valence-corrected chi connectivity index (χ4v) is 2.96. The van der Waals surface area contributed by atoms with Crippen molar-refractivity contribution in [3.05, 3.63) is 51.8 Å². The van der Waals surface area contributed by atoms with Crippen LogP contribution in [-0.2, 0) is 7.05 Å². The van der Waals surface area contributed by atoms with E-state index in [1.165, 1.54) is 35.1 Å². The Balaban J connectivity index is 1.78. The fourth-order valence-electron chi connectivity index (χ4n) is 2.96. The van der Waals surface area contributed by atoms with Gasteiger partial charge in [-0.1, -0.05) is 0 Å². The molecule has 1 aliphatic heterocycles. The lowest BCUT2D eigenvalue weighted by atomic mass is 10.1. The molecule has 2 aromatic rings. The van der Waals surface area contributed by atoms with Crippen LogP contribution in [0.15, 0.2) is 30.5 Å². The summed E-state index contributed by atoms with van der Waals surface area (Å²) >= 11 is 0. The first-order valence-electron chi connectivity index (χ1n) is 8.34. The molecule has 136 valence electrons. The number of benzene rings is 1. The zero-order chi connectivity index (χ0) is 18.7. The lowest BCUT2D eigenvalue weighted by Crippen LogP contribution is -2.37. The maximum Gasteiger partial charge on any atom is 0.274 e. The second kappa shape index (κ2) is 7.34. The molecule has 26 heavy (non-hydrogen) atoms. The van der Waals surface area contributed by atoms with Gasteiger partial charge in [-0.15, -0.1) is 0 Å². The van der Waals surface area contributed by atoms with Crippen LogP contribution in [0.2, 0.25) is 0 Å². The number of carbonyl (C=O) groups is 2. The van der Waals surface area contributed by atoms with E-state index in [4.69, 9.17) is 0 Å². The summed E-state index contributed by atoms with van der Waals surface area (Å²) in [6.07, 6.45) is 4.47. The zero-order valence-electron chi connectivity index (χ0n) is 14.3. The van der Waals surface area contributed by atoms with Crippen LogP contribution < -0.4 is 5.32 Å². The highest BCUT2D eigenvalue weighted by atomic mass is 16.6. The highest BCUT2D eigenvalue weighted by Gasteiger charge is 2.25. The number of aromatic nitrogens is 2. The molecular formula is C17H19N5O4. The number of aryl methyl sites for hydroxylation is 1. The van der Waals surface area contributed by atoms with E-state index >= 15 is 0 Å². The van der Waals surface area contributed by atoms with Gasteiger partial charge in [0.05, 0.1) is 16.8 Å². The topological polar surface area (TPSA) is 110 Å². The van der Waals surface area contributed by atoms with E-state index in [0.717, 1.165) is 19.3 Å². The van der Waals surface area contributed by atoms with Crippen molar-refractivity contribution < 1.29 is 14.5 Å². The highest BCUT2D eigenvalue weighted by molar-refractivity contribution is 6.08. The van der Waals surface area contributed by atoms with Crippen molar-refractivity contribution in [2.24, 2.45) is 7.05 Å². The molecule has 1 aromatic heterocycles. The van der Waals surface area contributed by atoms with Gasteiger partial charge in [-0.05, 0) is 31.4 Å². The van der Waals surface area contributed by atoms with Crippen molar-refractivity contribution in [3.8, 4) is 0 Å². The van der Waals surface area contributed by atoms with Gasteiger partial charge in [-0.25, -0.2) is 0 Å². The van der Waals surface area contributed by atoms with Crippen LogP contribution in [0.4, 0.5) is 11.4 Å². The number of likely N-dealkylation sites (tertiary alicyclic amines) is 1. The average Bonchev–Trinajstić information content (AvgIpc) is 3.02. The molecule has 0 saturated carbocycles. The number of anilines is 1. The van der Waals surface area contributed by atoms with Crippen molar-refractivity contribution in [2.45, 2.75) is 19.3 Å². The number of nitrogens with one attached hydrogen (secondary N) is 1. The van der Waals surface area contributed by atoms with E-state index in [-0.39, 0.29) is 17.2 Å². The Bertz CT molecular complexity index is 837. The number of hydrogen-bond acceptors (Lipinski definition) is 5. The molecule has 9 heteroatoms. The summed E-state index contributed by atoms with van der Waals surface area (Å²) in [6, 6.07) is 5.27. The van der Waals surface area contributed by atoms with Crippen LogP contribution in [0.3, 0.4) is 0 Å². The molecule has 0 bridgehead atoms. The van der Waals surface area contributed by atoms with Gasteiger partial charge in [0.2, 0.25) is 0 Å². The fraction of sp³-hybridized carbons (Fsp3) is 0.353. The summed E-state index contributed by atoms with van der Waals surface area (Å²) < 4.78 is 1.45. The smallest absolute Gasteiger partial charge is 0.274 e.